The van der Waals surface area contributed by atoms with E-state index in [0.717, 1.165) is 19.5 Å². The molecular formula is C18H27NO. The van der Waals surface area contributed by atoms with E-state index >= 15 is 0 Å². The summed E-state index contributed by atoms with van der Waals surface area (Å²) < 4.78 is 0. The average Bonchev–Trinajstić information content (AvgIpc) is 2.94. The van der Waals surface area contributed by atoms with Crippen LogP contribution in [-0.4, -0.2) is 35.2 Å². The molecule has 1 N–H and O–H groups in total. The molecule has 0 radical (unpaired) electrons. The molecule has 20 heavy (non-hydrogen) atoms. The first kappa shape index (κ1) is 14.1. The zero-order chi connectivity index (χ0) is 13.8. The van der Waals surface area contributed by atoms with Gasteiger partial charge in [0.1, 0.15) is 0 Å². The molecule has 3 atom stereocenters. The van der Waals surface area contributed by atoms with E-state index in [4.69, 9.17) is 0 Å². The lowest BCUT2D eigenvalue weighted by atomic mass is 9.93. The monoisotopic (exact) mass is 273 g/mol. The molecule has 1 heterocycles. The van der Waals surface area contributed by atoms with Crippen LogP contribution in [0.15, 0.2) is 30.3 Å². The highest BCUT2D eigenvalue weighted by atomic mass is 16.3. The first-order valence-corrected chi connectivity index (χ1v) is 8.31. The third kappa shape index (κ3) is 3.24. The number of rotatable bonds is 2. The van der Waals surface area contributed by atoms with Crippen molar-refractivity contribution in [3.05, 3.63) is 35.9 Å². The summed E-state index contributed by atoms with van der Waals surface area (Å²) in [5.41, 5.74) is 1.47. The lowest BCUT2D eigenvalue weighted by Crippen LogP contribution is -2.42. The number of benzene rings is 1. The van der Waals surface area contributed by atoms with E-state index in [1.54, 1.807) is 0 Å². The smallest absolute Gasteiger partial charge is 0.0695 e. The predicted octanol–water partition coefficient (Wildman–Crippen LogP) is 3.56. The van der Waals surface area contributed by atoms with E-state index in [9.17, 15) is 5.11 Å². The van der Waals surface area contributed by atoms with Crippen LogP contribution in [0.2, 0.25) is 0 Å². The number of likely N-dealkylation sites (tertiary alicyclic amines) is 1. The molecule has 3 unspecified atom stereocenters. The van der Waals surface area contributed by atoms with E-state index in [1.165, 1.54) is 44.1 Å². The second-order valence-electron chi connectivity index (χ2n) is 6.52. The molecule has 0 spiro atoms. The molecule has 1 saturated heterocycles. The highest BCUT2D eigenvalue weighted by molar-refractivity contribution is 5.21. The van der Waals surface area contributed by atoms with E-state index in [0.29, 0.717) is 12.0 Å². The van der Waals surface area contributed by atoms with Crippen molar-refractivity contribution in [2.75, 3.05) is 13.1 Å². The van der Waals surface area contributed by atoms with E-state index in [2.05, 4.69) is 35.2 Å². The second kappa shape index (κ2) is 6.73. The van der Waals surface area contributed by atoms with Gasteiger partial charge in [0.05, 0.1) is 6.10 Å². The van der Waals surface area contributed by atoms with E-state index < -0.39 is 0 Å². The van der Waals surface area contributed by atoms with Crippen LogP contribution in [0.1, 0.15) is 56.4 Å². The van der Waals surface area contributed by atoms with E-state index in [-0.39, 0.29) is 6.10 Å². The molecule has 1 aromatic carbocycles. The molecule has 0 amide bonds. The molecule has 3 rings (SSSR count). The summed E-state index contributed by atoms with van der Waals surface area (Å²) in [6, 6.07) is 11.3. The van der Waals surface area contributed by atoms with Gasteiger partial charge < -0.3 is 5.11 Å². The van der Waals surface area contributed by atoms with Crippen molar-refractivity contribution in [2.24, 2.45) is 0 Å². The highest BCUT2D eigenvalue weighted by Gasteiger charge is 2.32. The summed E-state index contributed by atoms with van der Waals surface area (Å²) >= 11 is 0. The summed E-state index contributed by atoms with van der Waals surface area (Å²) in [5, 5.41) is 10.4. The van der Waals surface area contributed by atoms with Crippen LogP contribution in [0.5, 0.6) is 0 Å². The minimum Gasteiger partial charge on any atom is -0.391 e. The Morgan fingerprint density at radius 2 is 1.65 bits per heavy atom. The third-order valence-electron chi connectivity index (χ3n) is 5.15. The molecule has 1 aromatic rings. The molecule has 2 nitrogen and oxygen atoms in total. The van der Waals surface area contributed by atoms with Gasteiger partial charge in [-0.25, -0.2) is 0 Å². The fourth-order valence-corrected chi connectivity index (χ4v) is 3.96. The summed E-state index contributed by atoms with van der Waals surface area (Å²) in [6.45, 7) is 2.28. The number of nitrogens with zero attached hydrogens (tertiary/aromatic N) is 1. The van der Waals surface area contributed by atoms with Crippen LogP contribution in [0.3, 0.4) is 0 Å². The molecule has 2 aliphatic rings. The molecular weight excluding hydrogens is 246 g/mol. The Bertz CT molecular complexity index is 405. The van der Waals surface area contributed by atoms with Crippen molar-refractivity contribution < 1.29 is 5.11 Å². The summed E-state index contributed by atoms with van der Waals surface area (Å²) in [5.74, 6) is 0.661. The Kier molecular flexibility index (Phi) is 4.74. The quantitative estimate of drug-likeness (QED) is 0.890. The SMILES string of the molecule is OC1CCCCCCC1N1CCC(c2ccccc2)C1. The van der Waals surface area contributed by atoms with Gasteiger partial charge in [0.15, 0.2) is 0 Å². The van der Waals surface area contributed by atoms with Crippen molar-refractivity contribution >= 4 is 0 Å². The topological polar surface area (TPSA) is 23.5 Å². The van der Waals surface area contributed by atoms with Crippen LogP contribution < -0.4 is 0 Å². The molecule has 2 heteroatoms. The maximum atomic E-state index is 10.4. The fourth-order valence-electron chi connectivity index (χ4n) is 3.96. The van der Waals surface area contributed by atoms with Gasteiger partial charge in [-0.05, 0) is 37.3 Å². The van der Waals surface area contributed by atoms with E-state index in [1.807, 2.05) is 0 Å². The Hall–Kier alpha value is -0.860. The van der Waals surface area contributed by atoms with Crippen molar-refractivity contribution in [1.29, 1.82) is 0 Å². The van der Waals surface area contributed by atoms with Crippen molar-refractivity contribution in [1.82, 2.24) is 4.90 Å². The number of hydrogen-bond acceptors (Lipinski definition) is 2. The number of hydrogen-bond donors (Lipinski definition) is 1. The average molecular weight is 273 g/mol. The Balaban J connectivity index is 1.63. The minimum atomic E-state index is -0.107. The summed E-state index contributed by atoms with van der Waals surface area (Å²) in [4.78, 5) is 2.56. The maximum Gasteiger partial charge on any atom is 0.0695 e. The van der Waals surface area contributed by atoms with Crippen LogP contribution in [0.4, 0.5) is 0 Å². The van der Waals surface area contributed by atoms with Gasteiger partial charge in [0.2, 0.25) is 0 Å². The molecule has 1 aliphatic heterocycles. The molecule has 1 aliphatic carbocycles. The lowest BCUT2D eigenvalue weighted by Gasteiger charge is -2.33. The van der Waals surface area contributed by atoms with Gasteiger partial charge in [0, 0.05) is 12.6 Å². The molecule has 2 fully saturated rings. The molecule has 0 bridgehead atoms. The van der Waals surface area contributed by atoms with Gasteiger partial charge in [-0.3, -0.25) is 4.90 Å². The van der Waals surface area contributed by atoms with Gasteiger partial charge in [0.25, 0.3) is 0 Å². The fraction of sp³-hybridized carbons (Fsp3) is 0.667. The first-order chi connectivity index (χ1) is 9.84. The van der Waals surface area contributed by atoms with Gasteiger partial charge in [-0.2, -0.15) is 0 Å². The Labute approximate surface area is 122 Å². The zero-order valence-corrected chi connectivity index (χ0v) is 12.4. The van der Waals surface area contributed by atoms with Gasteiger partial charge >= 0.3 is 0 Å². The third-order valence-corrected chi connectivity index (χ3v) is 5.15. The minimum absolute atomic E-state index is 0.107. The summed E-state index contributed by atoms with van der Waals surface area (Å²) in [6.07, 6.45) is 8.45. The predicted molar refractivity (Wildman–Crippen MR) is 82.9 cm³/mol. The lowest BCUT2D eigenvalue weighted by molar-refractivity contribution is 0.0425. The van der Waals surface area contributed by atoms with Crippen LogP contribution >= 0.6 is 0 Å². The Morgan fingerprint density at radius 3 is 2.45 bits per heavy atom. The highest BCUT2D eigenvalue weighted by Crippen LogP contribution is 2.31. The van der Waals surface area contributed by atoms with Gasteiger partial charge in [-0.1, -0.05) is 56.0 Å². The molecule has 1 saturated carbocycles. The zero-order valence-electron chi connectivity index (χ0n) is 12.4. The molecule has 110 valence electrons. The van der Waals surface area contributed by atoms with Crippen molar-refractivity contribution in [3.63, 3.8) is 0 Å². The van der Waals surface area contributed by atoms with Crippen molar-refractivity contribution in [2.45, 2.75) is 63.0 Å². The first-order valence-electron chi connectivity index (χ1n) is 8.31. The normalized spacial score (nSPS) is 32.8. The number of aliphatic hydroxyl groups excluding tert-OH is 1. The van der Waals surface area contributed by atoms with Crippen LogP contribution in [0.25, 0.3) is 0 Å². The standard InChI is InChI=1S/C18H27NO/c20-18-11-7-2-1-6-10-17(18)19-13-12-16(14-19)15-8-4-3-5-9-15/h3-5,8-9,16-18,20H,1-2,6-7,10-14H2. The maximum absolute atomic E-state index is 10.4. The van der Waals surface area contributed by atoms with Crippen LogP contribution in [0, 0.1) is 0 Å². The van der Waals surface area contributed by atoms with Gasteiger partial charge in [-0.15, -0.1) is 0 Å². The summed E-state index contributed by atoms with van der Waals surface area (Å²) in [7, 11) is 0. The largest absolute Gasteiger partial charge is 0.391 e. The van der Waals surface area contributed by atoms with Crippen LogP contribution in [-0.2, 0) is 0 Å². The second-order valence-corrected chi connectivity index (χ2v) is 6.52. The Morgan fingerprint density at radius 1 is 0.900 bits per heavy atom. The molecule has 0 aromatic heterocycles. The number of aliphatic hydroxyl groups is 1. The van der Waals surface area contributed by atoms with Crippen molar-refractivity contribution in [3.8, 4) is 0 Å².